The van der Waals surface area contributed by atoms with Gasteiger partial charge in [0.2, 0.25) is 0 Å². The number of hydrogen-bond donors (Lipinski definition) is 2. The summed E-state index contributed by atoms with van der Waals surface area (Å²) >= 11 is 3.61. The molecular formula is C28H27BrN2O5. The van der Waals surface area contributed by atoms with Crippen molar-refractivity contribution in [2.24, 2.45) is 0 Å². The van der Waals surface area contributed by atoms with Crippen LogP contribution in [0.15, 0.2) is 71.2 Å². The van der Waals surface area contributed by atoms with Crippen molar-refractivity contribution in [1.29, 1.82) is 0 Å². The van der Waals surface area contributed by atoms with E-state index >= 15 is 0 Å². The third-order valence-corrected chi connectivity index (χ3v) is 7.37. The summed E-state index contributed by atoms with van der Waals surface area (Å²) in [6.07, 6.45) is -0.602. The van der Waals surface area contributed by atoms with E-state index in [0.717, 1.165) is 51.1 Å². The topological polar surface area (TPSA) is 88.1 Å². The minimum Gasteiger partial charge on any atom is -0.480 e. The number of ether oxygens (including phenoxy) is 2. The van der Waals surface area contributed by atoms with Crippen molar-refractivity contribution in [3.63, 3.8) is 0 Å². The quantitative estimate of drug-likeness (QED) is 0.438. The van der Waals surface area contributed by atoms with Gasteiger partial charge in [-0.3, -0.25) is 0 Å². The Bertz CT molecular complexity index is 1230. The minimum atomic E-state index is -1.11. The number of carboxylic acid groups (broad SMARTS) is 1. The second-order valence-electron chi connectivity index (χ2n) is 8.95. The Morgan fingerprint density at radius 3 is 2.28 bits per heavy atom. The number of carbonyl (C=O) groups excluding carboxylic acids is 1. The van der Waals surface area contributed by atoms with Crippen LogP contribution < -0.4 is 10.2 Å². The molecule has 0 spiro atoms. The summed E-state index contributed by atoms with van der Waals surface area (Å²) in [4.78, 5) is 26.8. The van der Waals surface area contributed by atoms with Gasteiger partial charge in [-0.2, -0.15) is 0 Å². The lowest BCUT2D eigenvalue weighted by molar-refractivity contribution is -0.139. The van der Waals surface area contributed by atoms with Crippen LogP contribution in [-0.2, 0) is 20.7 Å². The van der Waals surface area contributed by atoms with Crippen molar-refractivity contribution >= 4 is 33.7 Å². The minimum absolute atomic E-state index is 0.0879. The van der Waals surface area contributed by atoms with Gasteiger partial charge in [0.15, 0.2) is 0 Å². The number of fused-ring (bicyclic) bond motifs is 3. The van der Waals surface area contributed by atoms with E-state index in [1.165, 1.54) is 0 Å². The van der Waals surface area contributed by atoms with E-state index in [1.807, 2.05) is 54.6 Å². The molecule has 8 heteroatoms. The molecule has 0 radical (unpaired) electrons. The molecule has 1 atom stereocenters. The van der Waals surface area contributed by atoms with Gasteiger partial charge < -0.3 is 24.8 Å². The number of hydrogen-bond acceptors (Lipinski definition) is 5. The fourth-order valence-electron chi connectivity index (χ4n) is 4.96. The van der Waals surface area contributed by atoms with Gasteiger partial charge in [-0.1, -0.05) is 54.6 Å². The van der Waals surface area contributed by atoms with E-state index in [-0.39, 0.29) is 18.9 Å². The Labute approximate surface area is 218 Å². The molecule has 1 aliphatic carbocycles. The molecule has 0 bridgehead atoms. The molecule has 36 heavy (non-hydrogen) atoms. The zero-order valence-corrected chi connectivity index (χ0v) is 21.2. The first-order chi connectivity index (χ1) is 17.5. The number of nitrogens with one attached hydrogen (secondary N) is 1. The first-order valence-electron chi connectivity index (χ1n) is 12.0. The van der Waals surface area contributed by atoms with Gasteiger partial charge in [0.05, 0.1) is 18.9 Å². The van der Waals surface area contributed by atoms with Crippen molar-refractivity contribution in [1.82, 2.24) is 5.32 Å². The van der Waals surface area contributed by atoms with Gasteiger partial charge in [-0.25, -0.2) is 9.59 Å². The maximum atomic E-state index is 12.6. The predicted molar refractivity (Wildman–Crippen MR) is 141 cm³/mol. The van der Waals surface area contributed by atoms with Crippen LogP contribution in [0.5, 0.6) is 0 Å². The van der Waals surface area contributed by atoms with E-state index in [4.69, 9.17) is 9.47 Å². The molecule has 5 rings (SSSR count). The molecule has 1 fully saturated rings. The molecule has 3 aromatic carbocycles. The number of benzene rings is 3. The van der Waals surface area contributed by atoms with E-state index in [9.17, 15) is 14.7 Å². The number of carboxylic acids is 1. The molecule has 2 N–H and O–H groups in total. The second kappa shape index (κ2) is 10.7. The Morgan fingerprint density at radius 2 is 1.67 bits per heavy atom. The Kier molecular flexibility index (Phi) is 7.25. The highest BCUT2D eigenvalue weighted by atomic mass is 79.9. The fourth-order valence-corrected chi connectivity index (χ4v) is 5.63. The van der Waals surface area contributed by atoms with Crippen LogP contribution in [0.2, 0.25) is 0 Å². The van der Waals surface area contributed by atoms with Crippen molar-refractivity contribution in [3.05, 3.63) is 87.9 Å². The maximum Gasteiger partial charge on any atom is 0.407 e. The van der Waals surface area contributed by atoms with E-state index in [1.54, 1.807) is 0 Å². The zero-order valence-electron chi connectivity index (χ0n) is 19.7. The summed E-state index contributed by atoms with van der Waals surface area (Å²) in [5, 5.41) is 12.3. The van der Waals surface area contributed by atoms with E-state index in [2.05, 4.69) is 38.3 Å². The number of rotatable bonds is 7. The first kappa shape index (κ1) is 24.3. The Balaban J connectivity index is 1.22. The van der Waals surface area contributed by atoms with Crippen LogP contribution in [0, 0.1) is 0 Å². The van der Waals surface area contributed by atoms with Gasteiger partial charge in [-0.05, 0) is 55.9 Å². The summed E-state index contributed by atoms with van der Waals surface area (Å²) in [6.45, 7) is 3.10. The number of carbonyl (C=O) groups is 2. The van der Waals surface area contributed by atoms with Crippen LogP contribution in [0.4, 0.5) is 10.5 Å². The number of morpholine rings is 1. The highest BCUT2D eigenvalue weighted by molar-refractivity contribution is 9.10. The zero-order chi connectivity index (χ0) is 25.1. The molecule has 7 nitrogen and oxygen atoms in total. The van der Waals surface area contributed by atoms with Gasteiger partial charge in [0, 0.05) is 29.9 Å². The highest BCUT2D eigenvalue weighted by Crippen LogP contribution is 2.44. The van der Waals surface area contributed by atoms with Crippen molar-refractivity contribution < 1.29 is 24.2 Å². The summed E-state index contributed by atoms with van der Waals surface area (Å²) in [6, 6.07) is 20.8. The summed E-state index contributed by atoms with van der Waals surface area (Å²) < 4.78 is 11.8. The smallest absolute Gasteiger partial charge is 0.407 e. The van der Waals surface area contributed by atoms with Crippen LogP contribution >= 0.6 is 15.9 Å². The average molecular weight is 551 g/mol. The number of amides is 1. The van der Waals surface area contributed by atoms with Gasteiger partial charge >= 0.3 is 12.1 Å². The average Bonchev–Trinajstić information content (AvgIpc) is 3.21. The number of anilines is 1. The van der Waals surface area contributed by atoms with Crippen molar-refractivity contribution in [3.8, 4) is 11.1 Å². The van der Waals surface area contributed by atoms with Crippen LogP contribution in [0.3, 0.4) is 0 Å². The van der Waals surface area contributed by atoms with Crippen LogP contribution in [-0.4, -0.2) is 56.1 Å². The molecule has 1 amide bonds. The fraction of sp³-hybridized carbons (Fsp3) is 0.286. The van der Waals surface area contributed by atoms with Gasteiger partial charge in [-0.15, -0.1) is 0 Å². The largest absolute Gasteiger partial charge is 0.480 e. The maximum absolute atomic E-state index is 12.6. The number of nitrogens with zero attached hydrogens (tertiary/aromatic N) is 1. The first-order valence-corrected chi connectivity index (χ1v) is 12.8. The highest BCUT2D eigenvalue weighted by Gasteiger charge is 2.30. The second-order valence-corrected chi connectivity index (χ2v) is 9.80. The Morgan fingerprint density at radius 1 is 1.03 bits per heavy atom. The van der Waals surface area contributed by atoms with Crippen LogP contribution in [0.1, 0.15) is 22.6 Å². The lowest BCUT2D eigenvalue weighted by atomic mass is 9.98. The van der Waals surface area contributed by atoms with Crippen molar-refractivity contribution in [2.75, 3.05) is 37.8 Å². The molecule has 1 aliphatic heterocycles. The summed E-state index contributed by atoms with van der Waals surface area (Å²) in [7, 11) is 0. The normalized spacial score (nSPS) is 15.6. The molecule has 186 valence electrons. The predicted octanol–water partition coefficient (Wildman–Crippen LogP) is 4.82. The van der Waals surface area contributed by atoms with Gasteiger partial charge in [0.1, 0.15) is 12.6 Å². The molecule has 0 saturated carbocycles. The lowest BCUT2D eigenvalue weighted by Crippen LogP contribution is -2.43. The number of alkyl carbamates (subject to hydrolysis) is 1. The van der Waals surface area contributed by atoms with Gasteiger partial charge in [0.25, 0.3) is 0 Å². The van der Waals surface area contributed by atoms with E-state index < -0.39 is 18.1 Å². The molecule has 1 unspecified atom stereocenters. The number of halogens is 1. The molecule has 0 aromatic heterocycles. The lowest BCUT2D eigenvalue weighted by Gasteiger charge is -2.30. The molecule has 1 saturated heterocycles. The molecule has 1 heterocycles. The molecule has 3 aromatic rings. The standard InChI is InChI=1S/C28H27BrN2O5/c29-24-15-18(9-10-26(24)31-11-13-35-14-12-31)16-25(27(32)33)30-28(34)36-17-23-21-7-3-1-5-19(21)20-6-2-4-8-22(20)23/h1-10,15,23,25H,11-14,16-17H2,(H,30,34)(H,32,33). The molecule has 2 aliphatic rings. The van der Waals surface area contributed by atoms with Crippen LogP contribution in [0.25, 0.3) is 11.1 Å². The third kappa shape index (κ3) is 5.10. The number of aliphatic carboxylic acids is 1. The third-order valence-electron chi connectivity index (χ3n) is 6.74. The SMILES string of the molecule is O=C(NC(Cc1ccc(N2CCOCC2)c(Br)c1)C(=O)O)OCC1c2ccccc2-c2ccccc21. The summed E-state index contributed by atoms with van der Waals surface area (Å²) in [5.74, 6) is -1.20. The van der Waals surface area contributed by atoms with E-state index in [0.29, 0.717) is 13.2 Å². The van der Waals surface area contributed by atoms with Crippen molar-refractivity contribution in [2.45, 2.75) is 18.4 Å². The Hall–Kier alpha value is -3.36. The summed E-state index contributed by atoms with van der Waals surface area (Å²) in [5.41, 5.74) is 6.31. The molecular weight excluding hydrogens is 524 g/mol. The monoisotopic (exact) mass is 550 g/mol.